The first-order valence-electron chi connectivity index (χ1n) is 7.08. The molecule has 4 nitrogen and oxygen atoms in total. The fraction of sp³-hybridized carbons (Fsp3) is 0.929. The van der Waals surface area contributed by atoms with Crippen LogP contribution in [-0.4, -0.2) is 42.5 Å². The van der Waals surface area contributed by atoms with Gasteiger partial charge in [0.1, 0.15) is 0 Å². The van der Waals surface area contributed by atoms with Gasteiger partial charge in [-0.3, -0.25) is 4.79 Å². The molecule has 18 heavy (non-hydrogen) atoms. The molecule has 0 saturated carbocycles. The lowest BCUT2D eigenvalue weighted by molar-refractivity contribution is -0.124. The Hall–Kier alpha value is -0.610. The Kier molecular flexibility index (Phi) is 8.20. The molecule has 0 radical (unpaired) electrons. The summed E-state index contributed by atoms with van der Waals surface area (Å²) >= 11 is 0. The molecule has 0 fully saturated rings. The molecule has 0 aliphatic rings. The van der Waals surface area contributed by atoms with Crippen molar-refractivity contribution in [2.45, 2.75) is 65.0 Å². The molecule has 0 aromatic rings. The Morgan fingerprint density at radius 3 is 2.39 bits per heavy atom. The first-order valence-corrected chi connectivity index (χ1v) is 7.08. The minimum absolute atomic E-state index is 0.252. The maximum Gasteiger partial charge on any atom is 0.237 e. The highest BCUT2D eigenvalue weighted by atomic mass is 16.1. The maximum atomic E-state index is 11.5. The molecular weight excluding hydrogens is 226 g/mol. The molecule has 3 N–H and O–H groups in total. The molecule has 0 rings (SSSR count). The van der Waals surface area contributed by atoms with Gasteiger partial charge in [-0.15, -0.1) is 0 Å². The first kappa shape index (κ1) is 17.4. The molecule has 1 atom stereocenters. The van der Waals surface area contributed by atoms with E-state index in [-0.39, 0.29) is 11.9 Å². The van der Waals surface area contributed by atoms with Crippen LogP contribution in [0, 0.1) is 0 Å². The van der Waals surface area contributed by atoms with Gasteiger partial charge in [-0.2, -0.15) is 0 Å². The maximum absolute atomic E-state index is 11.5. The van der Waals surface area contributed by atoms with Gasteiger partial charge in [0.2, 0.25) is 5.91 Å². The van der Waals surface area contributed by atoms with Crippen LogP contribution in [0.1, 0.15) is 53.4 Å². The summed E-state index contributed by atoms with van der Waals surface area (Å²) in [6.07, 6.45) is 4.12. The van der Waals surface area contributed by atoms with Gasteiger partial charge < -0.3 is 16.0 Å². The normalized spacial score (nSPS) is 15.1. The molecule has 4 heteroatoms. The van der Waals surface area contributed by atoms with Gasteiger partial charge in [0, 0.05) is 6.04 Å². The Bertz CT molecular complexity index is 243. The molecule has 0 aromatic heterocycles. The number of unbranched alkanes of at least 4 members (excludes halogenated alkanes) is 1. The Balaban J connectivity index is 4.02. The minimum Gasteiger partial charge on any atom is -0.368 e. The zero-order valence-electron chi connectivity index (χ0n) is 12.8. The second kappa shape index (κ2) is 8.48. The Morgan fingerprint density at radius 1 is 1.33 bits per heavy atom. The van der Waals surface area contributed by atoms with Crippen LogP contribution in [0.25, 0.3) is 0 Å². The quantitative estimate of drug-likeness (QED) is 0.586. The van der Waals surface area contributed by atoms with Gasteiger partial charge in [0.15, 0.2) is 0 Å². The number of hydrogen-bond acceptors (Lipinski definition) is 3. The minimum atomic E-state index is -0.572. The molecular formula is C14H31N3O. The number of nitrogens with zero attached hydrogens (tertiary/aromatic N) is 1. The second-order valence-electron chi connectivity index (χ2n) is 5.76. The van der Waals surface area contributed by atoms with Crippen molar-refractivity contribution >= 4 is 5.91 Å². The van der Waals surface area contributed by atoms with E-state index in [1.165, 1.54) is 6.42 Å². The first-order chi connectivity index (χ1) is 8.31. The van der Waals surface area contributed by atoms with Crippen molar-refractivity contribution < 1.29 is 4.79 Å². The highest BCUT2D eigenvalue weighted by molar-refractivity contribution is 5.84. The molecule has 0 heterocycles. The third-order valence-corrected chi connectivity index (χ3v) is 3.22. The summed E-state index contributed by atoms with van der Waals surface area (Å²) in [6, 6.07) is 0.269. The number of primary amides is 1. The average Bonchev–Trinajstić information content (AvgIpc) is 2.23. The number of nitrogens with two attached hydrogens (primary N) is 1. The highest BCUT2D eigenvalue weighted by Crippen LogP contribution is 2.14. The summed E-state index contributed by atoms with van der Waals surface area (Å²) in [5, 5.41) is 3.28. The number of nitrogens with one attached hydrogen (secondary N) is 1. The summed E-state index contributed by atoms with van der Waals surface area (Å²) in [5.41, 5.74) is 4.93. The number of carbonyl (C=O) groups is 1. The van der Waals surface area contributed by atoms with Crippen LogP contribution in [0.15, 0.2) is 0 Å². The summed E-state index contributed by atoms with van der Waals surface area (Å²) < 4.78 is 0. The van der Waals surface area contributed by atoms with E-state index in [0.29, 0.717) is 0 Å². The number of rotatable bonds is 10. The SMILES string of the molecule is CCCN(C)CCCCC(C)(NC(C)C)C(N)=O. The lowest BCUT2D eigenvalue weighted by atomic mass is 9.93. The molecule has 1 amide bonds. The molecule has 0 saturated heterocycles. The van der Waals surface area contributed by atoms with E-state index in [0.717, 1.165) is 32.4 Å². The van der Waals surface area contributed by atoms with Crippen LogP contribution in [-0.2, 0) is 4.79 Å². The van der Waals surface area contributed by atoms with Crippen LogP contribution in [0.2, 0.25) is 0 Å². The number of amides is 1. The van der Waals surface area contributed by atoms with Gasteiger partial charge in [-0.05, 0) is 66.6 Å². The number of hydrogen-bond donors (Lipinski definition) is 2. The van der Waals surface area contributed by atoms with Gasteiger partial charge in [0.25, 0.3) is 0 Å². The van der Waals surface area contributed by atoms with Crippen LogP contribution in [0.5, 0.6) is 0 Å². The topological polar surface area (TPSA) is 58.4 Å². The lowest BCUT2D eigenvalue weighted by Crippen LogP contribution is -2.55. The standard InChI is InChI=1S/C14H31N3O/c1-6-10-17(5)11-8-7-9-14(4,13(15)18)16-12(2)3/h12,16H,6-11H2,1-5H3,(H2,15,18). The average molecular weight is 257 g/mol. The lowest BCUT2D eigenvalue weighted by Gasteiger charge is -2.30. The van der Waals surface area contributed by atoms with Gasteiger partial charge in [-0.1, -0.05) is 6.92 Å². The fourth-order valence-electron chi connectivity index (χ4n) is 2.26. The Labute approximate surface area is 112 Å². The molecule has 0 bridgehead atoms. The zero-order chi connectivity index (χ0) is 14.2. The van der Waals surface area contributed by atoms with Crippen LogP contribution >= 0.6 is 0 Å². The summed E-state index contributed by atoms with van der Waals surface area (Å²) in [4.78, 5) is 13.9. The molecule has 0 aliphatic carbocycles. The third kappa shape index (κ3) is 6.97. The van der Waals surface area contributed by atoms with E-state index in [4.69, 9.17) is 5.73 Å². The molecule has 0 aliphatic heterocycles. The predicted octanol–water partition coefficient (Wildman–Crippen LogP) is 1.74. The van der Waals surface area contributed by atoms with Crippen molar-refractivity contribution in [2.75, 3.05) is 20.1 Å². The van der Waals surface area contributed by atoms with Gasteiger partial charge >= 0.3 is 0 Å². The highest BCUT2D eigenvalue weighted by Gasteiger charge is 2.30. The molecule has 0 spiro atoms. The van der Waals surface area contributed by atoms with Crippen molar-refractivity contribution in [3.8, 4) is 0 Å². The fourth-order valence-corrected chi connectivity index (χ4v) is 2.26. The number of carbonyl (C=O) groups excluding carboxylic acids is 1. The summed E-state index contributed by atoms with van der Waals surface area (Å²) in [6.45, 7) is 10.4. The molecule has 0 aromatic carbocycles. The summed E-state index contributed by atoms with van der Waals surface area (Å²) in [5.74, 6) is -0.252. The van der Waals surface area contributed by atoms with E-state index >= 15 is 0 Å². The molecule has 108 valence electrons. The smallest absolute Gasteiger partial charge is 0.237 e. The van der Waals surface area contributed by atoms with E-state index in [1.807, 2.05) is 20.8 Å². The van der Waals surface area contributed by atoms with Crippen LogP contribution in [0.3, 0.4) is 0 Å². The van der Waals surface area contributed by atoms with Crippen molar-refractivity contribution in [1.82, 2.24) is 10.2 Å². The van der Waals surface area contributed by atoms with E-state index in [1.54, 1.807) is 0 Å². The largest absolute Gasteiger partial charge is 0.368 e. The van der Waals surface area contributed by atoms with Crippen molar-refractivity contribution in [2.24, 2.45) is 5.73 Å². The van der Waals surface area contributed by atoms with E-state index in [9.17, 15) is 4.79 Å². The van der Waals surface area contributed by atoms with Crippen molar-refractivity contribution in [3.05, 3.63) is 0 Å². The van der Waals surface area contributed by atoms with E-state index in [2.05, 4.69) is 24.2 Å². The van der Waals surface area contributed by atoms with Gasteiger partial charge in [0.05, 0.1) is 5.54 Å². The monoisotopic (exact) mass is 257 g/mol. The third-order valence-electron chi connectivity index (χ3n) is 3.22. The van der Waals surface area contributed by atoms with Crippen LogP contribution < -0.4 is 11.1 Å². The molecule has 1 unspecified atom stereocenters. The van der Waals surface area contributed by atoms with Crippen LogP contribution in [0.4, 0.5) is 0 Å². The Morgan fingerprint density at radius 2 is 1.94 bits per heavy atom. The summed E-state index contributed by atoms with van der Waals surface area (Å²) in [7, 11) is 2.14. The van der Waals surface area contributed by atoms with E-state index < -0.39 is 5.54 Å². The second-order valence-corrected chi connectivity index (χ2v) is 5.76. The van der Waals surface area contributed by atoms with Crippen molar-refractivity contribution in [3.63, 3.8) is 0 Å². The predicted molar refractivity (Wildman–Crippen MR) is 77.5 cm³/mol. The van der Waals surface area contributed by atoms with Gasteiger partial charge in [-0.25, -0.2) is 0 Å². The zero-order valence-corrected chi connectivity index (χ0v) is 12.8. The van der Waals surface area contributed by atoms with Crippen molar-refractivity contribution in [1.29, 1.82) is 0 Å².